The maximum atomic E-state index is 5.06. The highest BCUT2D eigenvalue weighted by atomic mass is 16.7. The smallest absolute Gasteiger partial charge is 0.274 e. The van der Waals surface area contributed by atoms with E-state index < -0.39 is 0 Å². The van der Waals surface area contributed by atoms with Gasteiger partial charge in [-0.1, -0.05) is 12.1 Å². The monoisotopic (exact) mass is 301 g/mol. The van der Waals surface area contributed by atoms with Gasteiger partial charge in [0.05, 0.1) is 17.6 Å². The van der Waals surface area contributed by atoms with E-state index in [0.717, 1.165) is 11.0 Å². The number of fused-ring (bicyclic) bond motifs is 1. The van der Waals surface area contributed by atoms with Crippen molar-refractivity contribution in [3.63, 3.8) is 0 Å². The molecule has 0 saturated carbocycles. The molecular formula is C13H15N7O2. The van der Waals surface area contributed by atoms with E-state index in [0.29, 0.717) is 18.4 Å². The lowest BCUT2D eigenvalue weighted by molar-refractivity contribution is -0.0915. The largest absolute Gasteiger partial charge is 0.354 e. The molecule has 0 spiro atoms. The molecule has 0 saturated heterocycles. The molecule has 1 N–H and O–H groups in total. The van der Waals surface area contributed by atoms with Gasteiger partial charge in [0.2, 0.25) is 0 Å². The van der Waals surface area contributed by atoms with Crippen molar-refractivity contribution in [3.8, 4) is 5.95 Å². The fourth-order valence-corrected chi connectivity index (χ4v) is 1.95. The van der Waals surface area contributed by atoms with Crippen LogP contribution in [-0.2, 0) is 9.47 Å². The molecule has 0 aliphatic rings. The van der Waals surface area contributed by atoms with Crippen molar-refractivity contribution in [1.29, 1.82) is 0 Å². The predicted molar refractivity (Wildman–Crippen MR) is 78.5 cm³/mol. The summed E-state index contributed by atoms with van der Waals surface area (Å²) in [6.45, 7) is 0.393. The van der Waals surface area contributed by atoms with Gasteiger partial charge >= 0.3 is 0 Å². The molecule has 0 amide bonds. The second kappa shape index (κ2) is 6.41. The minimum atomic E-state index is -0.388. The number of methoxy groups -OCH3 is 2. The first-order valence-corrected chi connectivity index (χ1v) is 6.61. The lowest BCUT2D eigenvalue weighted by Gasteiger charge is -2.13. The van der Waals surface area contributed by atoms with Crippen LogP contribution >= 0.6 is 0 Å². The Morgan fingerprint density at radius 1 is 1.09 bits per heavy atom. The normalized spacial score (nSPS) is 11.2. The topological polar surface area (TPSA) is 99.9 Å². The van der Waals surface area contributed by atoms with Gasteiger partial charge in [-0.25, -0.2) is 4.98 Å². The summed E-state index contributed by atoms with van der Waals surface area (Å²) >= 11 is 0. The summed E-state index contributed by atoms with van der Waals surface area (Å²) in [4.78, 5) is 4.28. The number of ether oxygens (including phenoxy) is 2. The number of imidazole rings is 1. The third kappa shape index (κ3) is 2.85. The summed E-state index contributed by atoms with van der Waals surface area (Å²) in [7, 11) is 3.11. The molecule has 0 atom stereocenters. The zero-order valence-corrected chi connectivity index (χ0v) is 12.2. The van der Waals surface area contributed by atoms with Crippen molar-refractivity contribution in [2.75, 3.05) is 26.1 Å². The van der Waals surface area contributed by atoms with Crippen LogP contribution in [0.4, 0.5) is 5.95 Å². The van der Waals surface area contributed by atoms with Crippen molar-refractivity contribution in [1.82, 2.24) is 29.9 Å². The van der Waals surface area contributed by atoms with Gasteiger partial charge < -0.3 is 14.8 Å². The molecule has 0 bridgehead atoms. The Labute approximate surface area is 126 Å². The van der Waals surface area contributed by atoms with Gasteiger partial charge in [0.25, 0.3) is 11.9 Å². The first kappa shape index (κ1) is 14.3. The number of para-hydroxylation sites is 2. The minimum Gasteiger partial charge on any atom is -0.354 e. The molecule has 3 rings (SSSR count). The van der Waals surface area contributed by atoms with Crippen LogP contribution in [-0.4, -0.2) is 57.0 Å². The number of nitrogens with zero attached hydrogens (tertiary/aromatic N) is 6. The van der Waals surface area contributed by atoms with Gasteiger partial charge in [-0.2, -0.15) is 0 Å². The van der Waals surface area contributed by atoms with Crippen LogP contribution in [0.1, 0.15) is 0 Å². The number of benzene rings is 1. The SMILES string of the molecule is COC(CNc1nnc(-n2cnc3ccccc32)nn1)OC. The number of rotatable bonds is 6. The average molecular weight is 301 g/mol. The Bertz CT molecular complexity index is 739. The summed E-state index contributed by atoms with van der Waals surface area (Å²) in [5.41, 5.74) is 1.75. The highest BCUT2D eigenvalue weighted by Gasteiger charge is 2.09. The first-order chi connectivity index (χ1) is 10.8. The Kier molecular flexibility index (Phi) is 4.17. The standard InChI is InChI=1S/C13H15N7O2/c1-21-11(22-2)7-14-12-16-18-13(19-17-12)20-8-15-9-5-3-4-6-10(9)20/h3-6,8,11H,7H2,1-2H3,(H,14,16,17). The molecular weight excluding hydrogens is 286 g/mol. The molecule has 0 radical (unpaired) electrons. The Balaban J connectivity index is 1.77. The van der Waals surface area contributed by atoms with Crippen LogP contribution in [0.3, 0.4) is 0 Å². The number of aromatic nitrogens is 6. The summed E-state index contributed by atoms with van der Waals surface area (Å²) in [5, 5.41) is 19.0. The summed E-state index contributed by atoms with van der Waals surface area (Å²) in [5.74, 6) is 0.654. The van der Waals surface area contributed by atoms with Crippen molar-refractivity contribution in [2.45, 2.75) is 6.29 Å². The highest BCUT2D eigenvalue weighted by Crippen LogP contribution is 2.14. The Morgan fingerprint density at radius 2 is 1.82 bits per heavy atom. The summed E-state index contributed by atoms with van der Waals surface area (Å²) in [6.07, 6.45) is 1.25. The van der Waals surface area contributed by atoms with E-state index in [2.05, 4.69) is 30.7 Å². The summed E-state index contributed by atoms with van der Waals surface area (Å²) < 4.78 is 11.8. The second-order valence-electron chi connectivity index (χ2n) is 4.41. The van der Waals surface area contributed by atoms with Gasteiger partial charge in [0, 0.05) is 14.2 Å². The quantitative estimate of drug-likeness (QED) is 0.662. The van der Waals surface area contributed by atoms with Gasteiger partial charge in [0.15, 0.2) is 6.29 Å². The molecule has 1 aromatic carbocycles. The van der Waals surface area contributed by atoms with Crippen molar-refractivity contribution in [2.24, 2.45) is 0 Å². The number of anilines is 1. The minimum absolute atomic E-state index is 0.298. The van der Waals surface area contributed by atoms with Gasteiger partial charge in [-0.05, 0) is 12.1 Å². The average Bonchev–Trinajstić information content (AvgIpc) is 3.00. The van der Waals surface area contributed by atoms with E-state index in [9.17, 15) is 0 Å². The van der Waals surface area contributed by atoms with Crippen LogP contribution in [0.5, 0.6) is 0 Å². The number of hydrogen-bond donors (Lipinski definition) is 1. The second-order valence-corrected chi connectivity index (χ2v) is 4.41. The van der Waals surface area contributed by atoms with E-state index in [1.165, 1.54) is 0 Å². The van der Waals surface area contributed by atoms with Gasteiger partial charge in [0.1, 0.15) is 6.33 Å². The third-order valence-corrected chi connectivity index (χ3v) is 3.09. The Morgan fingerprint density at radius 3 is 2.55 bits per heavy atom. The molecule has 0 aliphatic carbocycles. The van der Waals surface area contributed by atoms with Crippen LogP contribution in [0.25, 0.3) is 17.0 Å². The molecule has 114 valence electrons. The third-order valence-electron chi connectivity index (χ3n) is 3.09. The van der Waals surface area contributed by atoms with E-state index in [1.54, 1.807) is 25.1 Å². The first-order valence-electron chi connectivity index (χ1n) is 6.61. The zero-order valence-electron chi connectivity index (χ0n) is 12.2. The Hall–Kier alpha value is -2.65. The highest BCUT2D eigenvalue weighted by molar-refractivity contribution is 5.76. The van der Waals surface area contributed by atoms with Crippen molar-refractivity contribution < 1.29 is 9.47 Å². The fraction of sp³-hybridized carbons (Fsp3) is 0.308. The predicted octanol–water partition coefficient (Wildman–Crippen LogP) is 0.636. The van der Waals surface area contributed by atoms with Crippen LogP contribution in [0, 0.1) is 0 Å². The number of hydrogen-bond acceptors (Lipinski definition) is 8. The van der Waals surface area contributed by atoms with Crippen LogP contribution < -0.4 is 5.32 Å². The maximum absolute atomic E-state index is 5.06. The molecule has 2 heterocycles. The van der Waals surface area contributed by atoms with Gasteiger partial charge in [-0.15, -0.1) is 20.4 Å². The molecule has 0 aliphatic heterocycles. The van der Waals surface area contributed by atoms with E-state index in [1.807, 2.05) is 24.3 Å². The molecule has 2 aromatic heterocycles. The molecule has 9 heteroatoms. The molecule has 22 heavy (non-hydrogen) atoms. The van der Waals surface area contributed by atoms with Crippen molar-refractivity contribution in [3.05, 3.63) is 30.6 Å². The van der Waals surface area contributed by atoms with E-state index >= 15 is 0 Å². The zero-order chi connectivity index (χ0) is 15.4. The van der Waals surface area contributed by atoms with Gasteiger partial charge in [-0.3, -0.25) is 4.57 Å². The number of nitrogens with one attached hydrogen (secondary N) is 1. The lowest BCUT2D eigenvalue weighted by Crippen LogP contribution is -2.24. The van der Waals surface area contributed by atoms with Crippen LogP contribution in [0.2, 0.25) is 0 Å². The maximum Gasteiger partial charge on any atom is 0.274 e. The van der Waals surface area contributed by atoms with E-state index in [4.69, 9.17) is 9.47 Å². The van der Waals surface area contributed by atoms with Crippen molar-refractivity contribution >= 4 is 17.0 Å². The van der Waals surface area contributed by atoms with E-state index in [-0.39, 0.29) is 6.29 Å². The van der Waals surface area contributed by atoms with Crippen LogP contribution in [0.15, 0.2) is 30.6 Å². The molecule has 3 aromatic rings. The fourth-order valence-electron chi connectivity index (χ4n) is 1.95. The molecule has 9 nitrogen and oxygen atoms in total. The molecule has 0 fully saturated rings. The lowest BCUT2D eigenvalue weighted by atomic mass is 10.3. The molecule has 0 unspecified atom stereocenters. The summed E-state index contributed by atoms with van der Waals surface area (Å²) in [6, 6.07) is 7.69.